The first-order valence-electron chi connectivity index (χ1n) is 8.14. The maximum atomic E-state index is 12.9. The molecule has 3 rings (SSSR count). The van der Waals surface area contributed by atoms with Crippen LogP contribution in [0.2, 0.25) is 0 Å². The summed E-state index contributed by atoms with van der Waals surface area (Å²) in [4.78, 5) is 12.9. The molecule has 1 aromatic heterocycles. The number of amides is 1. The van der Waals surface area contributed by atoms with Gasteiger partial charge in [0.2, 0.25) is 5.91 Å². The summed E-state index contributed by atoms with van der Waals surface area (Å²) in [5.41, 5.74) is -0.270. The zero-order chi connectivity index (χ0) is 17.7. The van der Waals surface area contributed by atoms with Crippen LogP contribution in [0.3, 0.4) is 0 Å². The smallest absolute Gasteiger partial charge is 0.387 e. The highest BCUT2D eigenvalue weighted by Crippen LogP contribution is 2.28. The van der Waals surface area contributed by atoms with E-state index in [-0.39, 0.29) is 18.2 Å². The third-order valence-corrected chi connectivity index (χ3v) is 4.42. The molecule has 6 nitrogen and oxygen atoms in total. The van der Waals surface area contributed by atoms with Crippen molar-refractivity contribution in [2.45, 2.75) is 31.5 Å². The van der Waals surface area contributed by atoms with Crippen molar-refractivity contribution in [3.63, 3.8) is 0 Å². The zero-order valence-corrected chi connectivity index (χ0v) is 13.6. The van der Waals surface area contributed by atoms with Crippen LogP contribution in [-0.4, -0.2) is 35.4 Å². The van der Waals surface area contributed by atoms with E-state index in [0.29, 0.717) is 31.5 Å². The fraction of sp³-hybridized carbons (Fsp3) is 0.412. The van der Waals surface area contributed by atoms with Crippen molar-refractivity contribution in [3.8, 4) is 5.75 Å². The van der Waals surface area contributed by atoms with Gasteiger partial charge >= 0.3 is 6.61 Å². The topological polar surface area (TPSA) is 68.2 Å². The number of halogens is 2. The lowest BCUT2D eigenvalue weighted by Gasteiger charge is -2.36. The lowest BCUT2D eigenvalue weighted by molar-refractivity contribution is -0.132. The van der Waals surface area contributed by atoms with Crippen LogP contribution in [-0.2, 0) is 16.9 Å². The van der Waals surface area contributed by atoms with Gasteiger partial charge in [-0.1, -0.05) is 18.2 Å². The van der Waals surface area contributed by atoms with Crippen LogP contribution in [0.4, 0.5) is 8.78 Å². The number of alkyl halides is 2. The van der Waals surface area contributed by atoms with E-state index in [4.69, 9.17) is 0 Å². The van der Waals surface area contributed by atoms with Crippen molar-refractivity contribution in [3.05, 3.63) is 48.3 Å². The van der Waals surface area contributed by atoms with Gasteiger partial charge in [0.25, 0.3) is 0 Å². The Morgan fingerprint density at radius 1 is 1.32 bits per heavy atom. The number of carbonyl (C=O) groups is 1. The number of ether oxygens (including phenoxy) is 1. The maximum absolute atomic E-state index is 12.9. The molecule has 1 aliphatic rings. The lowest BCUT2D eigenvalue weighted by atomic mass is 9.87. The van der Waals surface area contributed by atoms with E-state index in [0.717, 1.165) is 0 Å². The quantitative estimate of drug-likeness (QED) is 0.835. The second-order valence-corrected chi connectivity index (χ2v) is 5.90. The third-order valence-electron chi connectivity index (χ3n) is 4.42. The molecule has 2 heterocycles. The molecule has 1 saturated heterocycles. The normalized spacial score (nSPS) is 16.6. The number of nitrogens with zero attached hydrogens (tertiary/aromatic N) is 2. The van der Waals surface area contributed by atoms with E-state index < -0.39 is 12.2 Å². The minimum Gasteiger partial charge on any atom is -0.434 e. The maximum Gasteiger partial charge on any atom is 0.387 e. The largest absolute Gasteiger partial charge is 0.434 e. The first kappa shape index (κ1) is 17.3. The minimum atomic E-state index is -2.91. The summed E-state index contributed by atoms with van der Waals surface area (Å²) in [6.07, 6.45) is 4.63. The number of nitrogens with one attached hydrogen (secondary N) is 2. The van der Waals surface area contributed by atoms with E-state index in [9.17, 15) is 13.6 Å². The van der Waals surface area contributed by atoms with Crippen LogP contribution >= 0.6 is 0 Å². The molecule has 134 valence electrons. The van der Waals surface area contributed by atoms with Crippen LogP contribution < -0.4 is 15.4 Å². The molecule has 1 aromatic carbocycles. The fourth-order valence-corrected chi connectivity index (χ4v) is 3.12. The molecule has 0 aliphatic carbocycles. The average molecular weight is 350 g/mol. The van der Waals surface area contributed by atoms with E-state index in [1.54, 1.807) is 41.3 Å². The van der Waals surface area contributed by atoms with Gasteiger partial charge in [0, 0.05) is 24.5 Å². The van der Waals surface area contributed by atoms with E-state index >= 15 is 0 Å². The van der Waals surface area contributed by atoms with Gasteiger partial charge in [0.15, 0.2) is 0 Å². The molecule has 0 saturated carbocycles. The summed E-state index contributed by atoms with van der Waals surface area (Å²) in [7, 11) is 0. The van der Waals surface area contributed by atoms with Crippen molar-refractivity contribution in [1.29, 1.82) is 0 Å². The van der Waals surface area contributed by atoms with Crippen LogP contribution in [0.25, 0.3) is 0 Å². The Bertz CT molecular complexity index is 700. The van der Waals surface area contributed by atoms with Crippen molar-refractivity contribution < 1.29 is 18.3 Å². The molecule has 25 heavy (non-hydrogen) atoms. The van der Waals surface area contributed by atoms with E-state index in [1.807, 2.05) is 0 Å². The molecule has 2 N–H and O–H groups in total. The second-order valence-electron chi connectivity index (χ2n) is 5.90. The highest BCUT2D eigenvalue weighted by atomic mass is 19.3. The van der Waals surface area contributed by atoms with Gasteiger partial charge < -0.3 is 15.4 Å². The van der Waals surface area contributed by atoms with Gasteiger partial charge in [-0.3, -0.25) is 9.48 Å². The number of aromatic nitrogens is 2. The van der Waals surface area contributed by atoms with Crippen LogP contribution in [0.15, 0.2) is 42.7 Å². The van der Waals surface area contributed by atoms with Gasteiger partial charge in [-0.2, -0.15) is 13.9 Å². The van der Waals surface area contributed by atoms with Crippen molar-refractivity contribution in [2.75, 3.05) is 13.1 Å². The molecule has 2 aromatic rings. The fourth-order valence-electron chi connectivity index (χ4n) is 3.12. The number of hydrogen-bond donors (Lipinski definition) is 2. The lowest BCUT2D eigenvalue weighted by Crippen LogP contribution is -2.54. The van der Waals surface area contributed by atoms with Gasteiger partial charge in [-0.15, -0.1) is 0 Å². The average Bonchev–Trinajstić information content (AvgIpc) is 3.16. The summed E-state index contributed by atoms with van der Waals surface area (Å²) in [6, 6.07) is 8.22. The molecule has 0 atom stereocenters. The summed E-state index contributed by atoms with van der Waals surface area (Å²) in [5, 5.41) is 10.3. The molecule has 0 bridgehead atoms. The molecule has 0 spiro atoms. The SMILES string of the molecule is O=C(NCc1ccccc1OC(F)F)C1(n2cccn2)CCNCC1. The Morgan fingerprint density at radius 3 is 2.76 bits per heavy atom. The summed E-state index contributed by atoms with van der Waals surface area (Å²) < 4.78 is 31.2. The standard InChI is InChI=1S/C17H20F2N4O2/c18-16(19)25-14-5-2-1-4-13(14)12-21-15(24)17(6-9-20-10-7-17)23-11-3-8-22-23/h1-5,8,11,16,20H,6-7,9-10,12H2,(H,21,24). The number of hydrogen-bond acceptors (Lipinski definition) is 4. The molecule has 1 aliphatic heterocycles. The van der Waals surface area contributed by atoms with Gasteiger partial charge in [-0.25, -0.2) is 0 Å². The summed E-state index contributed by atoms with van der Waals surface area (Å²) in [6.45, 7) is -1.38. The zero-order valence-electron chi connectivity index (χ0n) is 13.6. The third kappa shape index (κ3) is 3.79. The first-order valence-corrected chi connectivity index (χ1v) is 8.14. The van der Waals surface area contributed by atoms with Gasteiger partial charge in [0.1, 0.15) is 11.3 Å². The molecular formula is C17H20F2N4O2. The van der Waals surface area contributed by atoms with E-state index in [1.165, 1.54) is 6.07 Å². The Labute approximate surface area is 144 Å². The Morgan fingerprint density at radius 2 is 2.08 bits per heavy atom. The van der Waals surface area contributed by atoms with Crippen LogP contribution in [0.5, 0.6) is 5.75 Å². The number of carbonyl (C=O) groups excluding carboxylic acids is 1. The Kier molecular flexibility index (Phi) is 5.28. The predicted octanol–water partition coefficient (Wildman–Crippen LogP) is 1.88. The Hall–Kier alpha value is -2.48. The number of para-hydroxylation sites is 1. The number of piperidine rings is 1. The molecule has 8 heteroatoms. The van der Waals surface area contributed by atoms with Crippen molar-refractivity contribution >= 4 is 5.91 Å². The summed E-state index contributed by atoms with van der Waals surface area (Å²) in [5.74, 6) is -0.110. The van der Waals surface area contributed by atoms with Crippen LogP contribution in [0.1, 0.15) is 18.4 Å². The van der Waals surface area contributed by atoms with Crippen molar-refractivity contribution in [2.24, 2.45) is 0 Å². The molecule has 1 amide bonds. The van der Waals surface area contributed by atoms with Gasteiger partial charge in [0.05, 0.1) is 0 Å². The highest BCUT2D eigenvalue weighted by molar-refractivity contribution is 5.84. The molecular weight excluding hydrogens is 330 g/mol. The van der Waals surface area contributed by atoms with E-state index in [2.05, 4.69) is 20.5 Å². The summed E-state index contributed by atoms with van der Waals surface area (Å²) >= 11 is 0. The minimum absolute atomic E-state index is 0.0660. The van der Waals surface area contributed by atoms with Crippen molar-refractivity contribution in [1.82, 2.24) is 20.4 Å². The number of rotatable bonds is 6. The number of benzene rings is 1. The monoisotopic (exact) mass is 350 g/mol. The highest BCUT2D eigenvalue weighted by Gasteiger charge is 2.41. The molecule has 0 radical (unpaired) electrons. The predicted molar refractivity (Wildman–Crippen MR) is 87.2 cm³/mol. The van der Waals surface area contributed by atoms with Gasteiger partial charge in [-0.05, 0) is 38.1 Å². The molecule has 0 unspecified atom stereocenters. The Balaban J connectivity index is 1.75. The van der Waals surface area contributed by atoms with Crippen LogP contribution in [0, 0.1) is 0 Å². The second kappa shape index (κ2) is 7.60. The molecule has 1 fully saturated rings. The first-order chi connectivity index (χ1) is 12.1.